The molecule has 0 unspecified atom stereocenters. The van der Waals surface area contributed by atoms with Gasteiger partial charge in [0.1, 0.15) is 0 Å². The molecule has 1 saturated heterocycles. The van der Waals surface area contributed by atoms with E-state index in [2.05, 4.69) is 40.1 Å². The predicted octanol–water partition coefficient (Wildman–Crippen LogP) is 3.38. The summed E-state index contributed by atoms with van der Waals surface area (Å²) in [6.45, 7) is 1.70. The number of carbonyl (C=O) groups excluding carboxylic acids is 1. The molecule has 0 radical (unpaired) electrons. The molecule has 1 aromatic carbocycles. The quantitative estimate of drug-likeness (QED) is 0.792. The number of carbonyl (C=O) groups is 1. The Morgan fingerprint density at radius 2 is 1.83 bits per heavy atom. The van der Waals surface area contributed by atoms with E-state index in [-0.39, 0.29) is 5.91 Å². The minimum absolute atomic E-state index is 0.237. The van der Waals surface area contributed by atoms with Crippen LogP contribution in [0.3, 0.4) is 0 Å². The van der Waals surface area contributed by atoms with Crippen molar-refractivity contribution in [1.29, 1.82) is 0 Å². The van der Waals surface area contributed by atoms with E-state index in [9.17, 15) is 4.79 Å². The van der Waals surface area contributed by atoms with E-state index < -0.39 is 0 Å². The first-order valence-corrected chi connectivity index (χ1v) is 8.26. The van der Waals surface area contributed by atoms with Gasteiger partial charge >= 0.3 is 0 Å². The molecular weight excluding hydrogens is 286 g/mol. The van der Waals surface area contributed by atoms with Crippen LogP contribution in [-0.4, -0.2) is 33.4 Å². The van der Waals surface area contributed by atoms with E-state index in [1.54, 1.807) is 0 Å². The highest BCUT2D eigenvalue weighted by Gasteiger charge is 2.23. The second-order valence-corrected chi connectivity index (χ2v) is 6.28. The average molecular weight is 307 g/mol. The number of likely N-dealkylation sites (tertiary alicyclic amines) is 1. The van der Waals surface area contributed by atoms with Crippen LogP contribution in [-0.2, 0) is 11.2 Å². The standard InChI is InChI=1S/C19H21N3O/c23-19(13-15-14-20-18-6-2-1-5-17(15)18)22-11-7-16(8-12-22)21-9-3-4-10-21/h1-6,9-10,14,16,20H,7-8,11-13H2. The van der Waals surface area contributed by atoms with E-state index in [0.717, 1.165) is 42.4 Å². The lowest BCUT2D eigenvalue weighted by Crippen LogP contribution is -2.39. The summed E-state index contributed by atoms with van der Waals surface area (Å²) in [7, 11) is 0. The number of hydrogen-bond donors (Lipinski definition) is 1. The molecule has 0 bridgehead atoms. The number of hydrogen-bond acceptors (Lipinski definition) is 1. The molecule has 0 atom stereocenters. The Morgan fingerprint density at radius 1 is 1.09 bits per heavy atom. The van der Waals surface area contributed by atoms with Crippen molar-refractivity contribution in [3.8, 4) is 0 Å². The molecule has 3 heterocycles. The summed E-state index contributed by atoms with van der Waals surface area (Å²) < 4.78 is 2.27. The fourth-order valence-electron chi connectivity index (χ4n) is 3.56. The average Bonchev–Trinajstić information content (AvgIpc) is 3.25. The van der Waals surface area contributed by atoms with Crippen LogP contribution in [0, 0.1) is 0 Å². The number of amides is 1. The maximum absolute atomic E-state index is 12.6. The first-order chi connectivity index (χ1) is 11.3. The Labute approximate surface area is 135 Å². The third-order valence-corrected chi connectivity index (χ3v) is 4.88. The normalized spacial score (nSPS) is 16.1. The van der Waals surface area contributed by atoms with E-state index in [1.165, 1.54) is 0 Å². The minimum atomic E-state index is 0.237. The summed E-state index contributed by atoms with van der Waals surface area (Å²) in [4.78, 5) is 17.9. The molecule has 118 valence electrons. The van der Waals surface area contributed by atoms with Gasteiger partial charge in [-0.25, -0.2) is 0 Å². The van der Waals surface area contributed by atoms with Gasteiger partial charge in [-0.3, -0.25) is 4.79 Å². The number of aromatic nitrogens is 2. The van der Waals surface area contributed by atoms with E-state index in [0.29, 0.717) is 12.5 Å². The van der Waals surface area contributed by atoms with Gasteiger partial charge < -0.3 is 14.5 Å². The van der Waals surface area contributed by atoms with Crippen LogP contribution < -0.4 is 0 Å². The highest BCUT2D eigenvalue weighted by atomic mass is 16.2. The van der Waals surface area contributed by atoms with Gasteiger partial charge in [-0.2, -0.15) is 0 Å². The molecule has 1 fully saturated rings. The minimum Gasteiger partial charge on any atom is -0.361 e. The van der Waals surface area contributed by atoms with Gasteiger partial charge in [0.25, 0.3) is 0 Å². The largest absolute Gasteiger partial charge is 0.361 e. The van der Waals surface area contributed by atoms with Crippen LogP contribution in [0.5, 0.6) is 0 Å². The Hall–Kier alpha value is -2.49. The van der Waals surface area contributed by atoms with Gasteiger partial charge in [-0.1, -0.05) is 18.2 Å². The van der Waals surface area contributed by atoms with Crippen molar-refractivity contribution in [2.75, 3.05) is 13.1 Å². The predicted molar refractivity (Wildman–Crippen MR) is 91.3 cm³/mol. The second kappa shape index (κ2) is 5.95. The maximum atomic E-state index is 12.6. The zero-order valence-corrected chi connectivity index (χ0v) is 13.1. The van der Waals surface area contributed by atoms with Gasteiger partial charge in [0.2, 0.25) is 5.91 Å². The molecule has 0 aliphatic carbocycles. The number of para-hydroxylation sites is 1. The third-order valence-electron chi connectivity index (χ3n) is 4.88. The highest BCUT2D eigenvalue weighted by Crippen LogP contribution is 2.24. The molecule has 23 heavy (non-hydrogen) atoms. The van der Waals surface area contributed by atoms with Crippen LogP contribution in [0.2, 0.25) is 0 Å². The fraction of sp³-hybridized carbons (Fsp3) is 0.316. The summed E-state index contributed by atoms with van der Waals surface area (Å²) in [6, 6.07) is 12.8. The van der Waals surface area contributed by atoms with Crippen LogP contribution in [0.4, 0.5) is 0 Å². The zero-order chi connectivity index (χ0) is 15.6. The topological polar surface area (TPSA) is 41.0 Å². The van der Waals surface area contributed by atoms with Crippen LogP contribution in [0.15, 0.2) is 55.0 Å². The first kappa shape index (κ1) is 14.1. The molecule has 4 nitrogen and oxygen atoms in total. The first-order valence-electron chi connectivity index (χ1n) is 8.26. The number of nitrogens with one attached hydrogen (secondary N) is 1. The molecule has 1 N–H and O–H groups in total. The lowest BCUT2D eigenvalue weighted by Gasteiger charge is -2.32. The number of rotatable bonds is 3. The van der Waals surface area contributed by atoms with E-state index >= 15 is 0 Å². The van der Waals surface area contributed by atoms with Crippen molar-refractivity contribution in [3.63, 3.8) is 0 Å². The Balaban J connectivity index is 1.40. The van der Waals surface area contributed by atoms with Gasteiger partial charge in [-0.05, 0) is 36.6 Å². The molecule has 3 aromatic rings. The Kier molecular flexibility index (Phi) is 3.66. The second-order valence-electron chi connectivity index (χ2n) is 6.28. The number of H-pyrrole nitrogens is 1. The maximum Gasteiger partial charge on any atom is 0.227 e. The van der Waals surface area contributed by atoms with Crippen LogP contribution in [0.1, 0.15) is 24.4 Å². The fourth-order valence-corrected chi connectivity index (χ4v) is 3.56. The lowest BCUT2D eigenvalue weighted by molar-refractivity contribution is -0.131. The van der Waals surface area contributed by atoms with Crippen molar-refractivity contribution >= 4 is 16.8 Å². The molecular formula is C19H21N3O. The molecule has 0 spiro atoms. The molecule has 1 amide bonds. The number of piperidine rings is 1. The molecule has 1 aliphatic rings. The summed E-state index contributed by atoms with van der Waals surface area (Å²) in [5.74, 6) is 0.237. The molecule has 0 saturated carbocycles. The van der Waals surface area contributed by atoms with Gasteiger partial charge in [0, 0.05) is 48.6 Å². The number of aromatic amines is 1. The van der Waals surface area contributed by atoms with Crippen molar-refractivity contribution in [3.05, 3.63) is 60.6 Å². The van der Waals surface area contributed by atoms with Crippen LogP contribution in [0.25, 0.3) is 10.9 Å². The van der Waals surface area contributed by atoms with Gasteiger partial charge in [0.05, 0.1) is 6.42 Å². The van der Waals surface area contributed by atoms with Crippen molar-refractivity contribution in [2.45, 2.75) is 25.3 Å². The summed E-state index contributed by atoms with van der Waals surface area (Å²) in [6.07, 6.45) is 8.76. The van der Waals surface area contributed by atoms with Gasteiger partial charge in [-0.15, -0.1) is 0 Å². The number of fused-ring (bicyclic) bond motifs is 1. The smallest absolute Gasteiger partial charge is 0.227 e. The number of benzene rings is 1. The Morgan fingerprint density at radius 3 is 2.61 bits per heavy atom. The van der Waals surface area contributed by atoms with Crippen molar-refractivity contribution in [1.82, 2.24) is 14.5 Å². The summed E-state index contributed by atoms with van der Waals surface area (Å²) in [5, 5.41) is 1.16. The van der Waals surface area contributed by atoms with Crippen molar-refractivity contribution < 1.29 is 4.79 Å². The Bertz CT molecular complexity index is 795. The molecule has 4 rings (SSSR count). The lowest BCUT2D eigenvalue weighted by atomic mass is 10.0. The summed E-state index contributed by atoms with van der Waals surface area (Å²) in [5.41, 5.74) is 2.19. The summed E-state index contributed by atoms with van der Waals surface area (Å²) >= 11 is 0. The van der Waals surface area contributed by atoms with E-state index in [4.69, 9.17) is 0 Å². The SMILES string of the molecule is O=C(Cc1c[nH]c2ccccc12)N1CCC(n2cccc2)CC1. The van der Waals surface area contributed by atoms with Crippen LogP contribution >= 0.6 is 0 Å². The molecule has 1 aliphatic heterocycles. The molecule has 2 aromatic heterocycles. The van der Waals surface area contributed by atoms with E-state index in [1.807, 2.05) is 29.3 Å². The number of nitrogens with zero attached hydrogens (tertiary/aromatic N) is 2. The molecule has 4 heteroatoms. The van der Waals surface area contributed by atoms with Gasteiger partial charge in [0.15, 0.2) is 0 Å². The zero-order valence-electron chi connectivity index (χ0n) is 13.1. The third kappa shape index (κ3) is 2.77. The van der Waals surface area contributed by atoms with Crippen molar-refractivity contribution in [2.24, 2.45) is 0 Å². The highest BCUT2D eigenvalue weighted by molar-refractivity contribution is 5.88. The monoisotopic (exact) mass is 307 g/mol.